The number of hydrogen-bond acceptors (Lipinski definition) is 3. The fraction of sp³-hybridized carbons (Fsp3) is 0.0800. The van der Waals surface area contributed by atoms with Crippen molar-refractivity contribution in [3.8, 4) is 16.9 Å². The highest BCUT2D eigenvalue weighted by Crippen LogP contribution is 2.24. The smallest absolute Gasteiger partial charge is 0.186 e. The molecule has 2 aromatic carbocycles. The van der Waals surface area contributed by atoms with E-state index in [2.05, 4.69) is 4.98 Å². The van der Waals surface area contributed by atoms with Crippen molar-refractivity contribution in [1.82, 2.24) is 14.8 Å². The Morgan fingerprint density at radius 3 is 2.45 bits per heavy atom. The highest BCUT2D eigenvalue weighted by atomic mass is 16.1. The zero-order valence-corrected chi connectivity index (χ0v) is 16.4. The Labute approximate surface area is 170 Å². The van der Waals surface area contributed by atoms with Crippen molar-refractivity contribution in [2.75, 3.05) is 0 Å². The van der Waals surface area contributed by atoms with Crippen LogP contribution in [-0.2, 0) is 0 Å². The molecule has 4 aromatic rings. The topological polar surface area (TPSA) is 47.8 Å². The van der Waals surface area contributed by atoms with Crippen molar-refractivity contribution < 1.29 is 4.79 Å². The Kier molecular flexibility index (Phi) is 5.16. The van der Waals surface area contributed by atoms with Gasteiger partial charge < -0.3 is 0 Å². The molecule has 2 heterocycles. The number of carbonyl (C=O) groups is 1. The van der Waals surface area contributed by atoms with Gasteiger partial charge in [-0.2, -0.15) is 5.10 Å². The maximum absolute atomic E-state index is 12.8. The minimum Gasteiger partial charge on any atom is -0.289 e. The van der Waals surface area contributed by atoms with Crippen LogP contribution < -0.4 is 0 Å². The Hall–Kier alpha value is -3.79. The molecule has 2 aromatic heterocycles. The van der Waals surface area contributed by atoms with Crippen molar-refractivity contribution in [1.29, 1.82) is 0 Å². The number of aryl methyl sites for hydroxylation is 2. The maximum Gasteiger partial charge on any atom is 0.186 e. The molecule has 0 bridgehead atoms. The quantitative estimate of drug-likeness (QED) is 0.342. The van der Waals surface area contributed by atoms with E-state index in [-0.39, 0.29) is 5.78 Å². The summed E-state index contributed by atoms with van der Waals surface area (Å²) in [6.45, 7) is 3.99. The molecule has 4 nitrogen and oxygen atoms in total. The monoisotopic (exact) mass is 379 g/mol. The predicted molar refractivity (Wildman–Crippen MR) is 116 cm³/mol. The summed E-state index contributed by atoms with van der Waals surface area (Å²) in [4.78, 5) is 16.8. The zero-order chi connectivity index (χ0) is 20.2. The predicted octanol–water partition coefficient (Wildman–Crippen LogP) is 5.45. The molecule has 4 rings (SSSR count). The molecular weight excluding hydrogens is 358 g/mol. The van der Waals surface area contributed by atoms with Gasteiger partial charge in [-0.1, -0.05) is 42.0 Å². The second-order valence-electron chi connectivity index (χ2n) is 6.97. The van der Waals surface area contributed by atoms with Crippen LogP contribution in [0.3, 0.4) is 0 Å². The maximum atomic E-state index is 12.8. The van der Waals surface area contributed by atoms with E-state index in [1.165, 1.54) is 0 Å². The van der Waals surface area contributed by atoms with Crippen LogP contribution in [0.2, 0.25) is 0 Å². The average molecular weight is 379 g/mol. The lowest BCUT2D eigenvalue weighted by Gasteiger charge is -2.03. The van der Waals surface area contributed by atoms with Gasteiger partial charge in [-0.25, -0.2) is 4.68 Å². The molecule has 0 atom stereocenters. The number of hydrogen-bond donors (Lipinski definition) is 0. The van der Waals surface area contributed by atoms with Gasteiger partial charge in [0, 0.05) is 35.3 Å². The highest BCUT2D eigenvalue weighted by Gasteiger charge is 2.12. The van der Waals surface area contributed by atoms with Crippen LogP contribution >= 0.6 is 0 Å². The molecule has 4 heteroatoms. The van der Waals surface area contributed by atoms with Gasteiger partial charge in [0.15, 0.2) is 5.78 Å². The van der Waals surface area contributed by atoms with Crippen LogP contribution in [0.1, 0.15) is 27.0 Å². The first-order chi connectivity index (χ1) is 14.1. The van der Waals surface area contributed by atoms with Crippen LogP contribution in [0.25, 0.3) is 23.0 Å². The van der Waals surface area contributed by atoms with E-state index in [4.69, 9.17) is 5.10 Å². The van der Waals surface area contributed by atoms with E-state index in [1.807, 2.05) is 91.5 Å². The van der Waals surface area contributed by atoms with Crippen molar-refractivity contribution in [2.45, 2.75) is 13.8 Å². The first-order valence-corrected chi connectivity index (χ1v) is 9.47. The van der Waals surface area contributed by atoms with Crippen LogP contribution in [0.15, 0.2) is 85.3 Å². The van der Waals surface area contributed by atoms with Crippen molar-refractivity contribution in [3.05, 3.63) is 108 Å². The molecule has 0 spiro atoms. The first-order valence-electron chi connectivity index (χ1n) is 9.47. The molecular formula is C25H21N3O. The Balaban J connectivity index is 1.73. The van der Waals surface area contributed by atoms with Gasteiger partial charge >= 0.3 is 0 Å². The SMILES string of the molecule is Cc1ccc(C(=O)/C=C/c2cn(-c3ccccc3)nc2-c2ccncc2)c(C)c1. The number of pyridine rings is 1. The van der Waals surface area contributed by atoms with Gasteiger partial charge in [0.25, 0.3) is 0 Å². The number of nitrogens with zero attached hydrogens (tertiary/aromatic N) is 3. The molecule has 29 heavy (non-hydrogen) atoms. The summed E-state index contributed by atoms with van der Waals surface area (Å²) in [6.07, 6.45) is 8.88. The van der Waals surface area contributed by atoms with Crippen molar-refractivity contribution >= 4 is 11.9 Å². The number of carbonyl (C=O) groups excluding carboxylic acids is 1. The largest absolute Gasteiger partial charge is 0.289 e. The summed E-state index contributed by atoms with van der Waals surface area (Å²) in [5.41, 5.74) is 6.43. The third-order valence-electron chi connectivity index (χ3n) is 4.78. The summed E-state index contributed by atoms with van der Waals surface area (Å²) < 4.78 is 1.83. The van der Waals surface area contributed by atoms with Crippen molar-refractivity contribution in [3.63, 3.8) is 0 Å². The number of rotatable bonds is 5. The second-order valence-corrected chi connectivity index (χ2v) is 6.97. The third kappa shape index (κ3) is 4.06. The molecule has 0 radical (unpaired) electrons. The normalized spacial score (nSPS) is 11.1. The van der Waals surface area contributed by atoms with E-state index in [0.29, 0.717) is 5.56 Å². The highest BCUT2D eigenvalue weighted by molar-refractivity contribution is 6.08. The van der Waals surface area contributed by atoms with E-state index in [9.17, 15) is 4.79 Å². The summed E-state index contributed by atoms with van der Waals surface area (Å²) >= 11 is 0. The zero-order valence-electron chi connectivity index (χ0n) is 16.4. The first kappa shape index (κ1) is 18.6. The summed E-state index contributed by atoms with van der Waals surface area (Å²) in [5, 5.41) is 4.76. The lowest BCUT2D eigenvalue weighted by molar-refractivity contribution is 0.104. The minimum absolute atomic E-state index is 0.0179. The van der Waals surface area contributed by atoms with Crippen LogP contribution in [-0.4, -0.2) is 20.5 Å². The molecule has 0 aliphatic carbocycles. The van der Waals surface area contributed by atoms with E-state index in [0.717, 1.165) is 33.6 Å². The number of benzene rings is 2. The van der Waals surface area contributed by atoms with E-state index < -0.39 is 0 Å². The van der Waals surface area contributed by atoms with Gasteiger partial charge in [-0.05, 0) is 55.8 Å². The molecule has 0 amide bonds. The Morgan fingerprint density at radius 1 is 0.966 bits per heavy atom. The number of allylic oxidation sites excluding steroid dienone is 1. The number of aromatic nitrogens is 3. The fourth-order valence-electron chi connectivity index (χ4n) is 3.30. The summed E-state index contributed by atoms with van der Waals surface area (Å²) in [6, 6.07) is 19.6. The number of ketones is 1. The second kappa shape index (κ2) is 8.07. The summed E-state index contributed by atoms with van der Waals surface area (Å²) in [7, 11) is 0. The van der Waals surface area contributed by atoms with Gasteiger partial charge in [0.1, 0.15) is 5.69 Å². The van der Waals surface area contributed by atoms with E-state index >= 15 is 0 Å². The molecule has 0 N–H and O–H groups in total. The Bertz CT molecular complexity index is 1180. The van der Waals surface area contributed by atoms with E-state index in [1.54, 1.807) is 18.5 Å². The fourth-order valence-corrected chi connectivity index (χ4v) is 3.30. The summed E-state index contributed by atoms with van der Waals surface area (Å²) in [5.74, 6) is -0.0179. The van der Waals surface area contributed by atoms with Crippen LogP contribution in [0.4, 0.5) is 0 Å². The lowest BCUT2D eigenvalue weighted by atomic mass is 10.0. The molecule has 0 unspecified atom stereocenters. The molecule has 0 saturated carbocycles. The third-order valence-corrected chi connectivity index (χ3v) is 4.78. The van der Waals surface area contributed by atoms with Crippen LogP contribution in [0.5, 0.6) is 0 Å². The lowest BCUT2D eigenvalue weighted by Crippen LogP contribution is -1.98. The Morgan fingerprint density at radius 2 is 1.72 bits per heavy atom. The van der Waals surface area contributed by atoms with Gasteiger partial charge in [-0.15, -0.1) is 0 Å². The van der Waals surface area contributed by atoms with Gasteiger partial charge in [-0.3, -0.25) is 9.78 Å². The van der Waals surface area contributed by atoms with Gasteiger partial charge in [0.2, 0.25) is 0 Å². The molecule has 0 saturated heterocycles. The molecule has 142 valence electrons. The van der Waals surface area contributed by atoms with Crippen molar-refractivity contribution in [2.24, 2.45) is 0 Å². The molecule has 0 fully saturated rings. The molecule has 0 aliphatic heterocycles. The van der Waals surface area contributed by atoms with Crippen LogP contribution in [0, 0.1) is 13.8 Å². The number of para-hydroxylation sites is 1. The molecule has 0 aliphatic rings. The standard InChI is InChI=1S/C25H21N3O/c1-18-8-10-23(19(2)16-18)24(29)11-9-21-17-28(22-6-4-3-5-7-22)27-25(21)20-12-14-26-15-13-20/h3-17H,1-2H3/b11-9+. The average Bonchev–Trinajstić information content (AvgIpc) is 3.18. The van der Waals surface area contributed by atoms with Gasteiger partial charge in [0.05, 0.1) is 5.69 Å². The minimum atomic E-state index is -0.0179.